The van der Waals surface area contributed by atoms with Gasteiger partial charge in [0.05, 0.1) is 14.2 Å². The largest absolute Gasteiger partial charge is 0.508 e. The number of aromatic amines is 1. The Morgan fingerprint density at radius 3 is 2.76 bits per heavy atom. The van der Waals surface area contributed by atoms with Crippen molar-refractivity contribution in [1.29, 1.82) is 0 Å². The number of ether oxygens (including phenoxy) is 2. The summed E-state index contributed by atoms with van der Waals surface area (Å²) < 4.78 is 10.8. The van der Waals surface area contributed by atoms with Gasteiger partial charge in [0.1, 0.15) is 5.75 Å². The van der Waals surface area contributed by atoms with Crippen LogP contribution in [0.3, 0.4) is 0 Å². The van der Waals surface area contributed by atoms with E-state index in [0.717, 1.165) is 80.4 Å². The maximum atomic E-state index is 13.2. The van der Waals surface area contributed by atoms with Crippen LogP contribution in [0.15, 0.2) is 36.5 Å². The fourth-order valence-corrected chi connectivity index (χ4v) is 5.47. The van der Waals surface area contributed by atoms with E-state index in [1.807, 2.05) is 29.2 Å². The Bertz CT molecular complexity index is 1190. The molecule has 0 saturated carbocycles. The summed E-state index contributed by atoms with van der Waals surface area (Å²) in [6.07, 6.45) is 6.09. The zero-order valence-electron chi connectivity index (χ0n) is 20.0. The van der Waals surface area contributed by atoms with Crippen LogP contribution in [-0.2, 0) is 12.8 Å². The van der Waals surface area contributed by atoms with E-state index in [9.17, 15) is 9.90 Å². The van der Waals surface area contributed by atoms with E-state index in [1.54, 1.807) is 20.3 Å². The third-order valence-electron chi connectivity index (χ3n) is 7.30. The molecule has 1 atom stereocenters. The van der Waals surface area contributed by atoms with E-state index in [-0.39, 0.29) is 5.91 Å². The first kappa shape index (κ1) is 22.6. The summed E-state index contributed by atoms with van der Waals surface area (Å²) in [5.74, 6) is 2.20. The zero-order chi connectivity index (χ0) is 23.7. The van der Waals surface area contributed by atoms with E-state index in [4.69, 9.17) is 9.47 Å². The molecular formula is C27H33N3O4. The molecule has 2 aromatic carbocycles. The van der Waals surface area contributed by atoms with Crippen molar-refractivity contribution in [3.8, 4) is 17.2 Å². The number of nitrogens with one attached hydrogen (secondary N) is 1. The number of aromatic nitrogens is 1. The van der Waals surface area contributed by atoms with Gasteiger partial charge in [-0.25, -0.2) is 0 Å². The third-order valence-corrected chi connectivity index (χ3v) is 7.30. The van der Waals surface area contributed by atoms with Crippen molar-refractivity contribution in [1.82, 2.24) is 14.8 Å². The number of hydrogen-bond donors (Lipinski definition) is 2. The number of H-pyrrole nitrogens is 1. The first-order chi connectivity index (χ1) is 16.6. The predicted molar refractivity (Wildman–Crippen MR) is 132 cm³/mol. The highest BCUT2D eigenvalue weighted by molar-refractivity contribution is 5.97. The van der Waals surface area contributed by atoms with Gasteiger partial charge in [-0.3, -0.25) is 4.79 Å². The number of carbonyl (C=O) groups excluding carboxylic acids is 1. The maximum Gasteiger partial charge on any atom is 0.254 e. The first-order valence-corrected chi connectivity index (χ1v) is 12.1. The second kappa shape index (κ2) is 9.58. The minimum Gasteiger partial charge on any atom is -0.508 e. The number of fused-ring (bicyclic) bond motifs is 2. The number of hydrogen-bond acceptors (Lipinski definition) is 5. The second-order valence-electron chi connectivity index (χ2n) is 9.47. The highest BCUT2D eigenvalue weighted by Crippen LogP contribution is 2.34. The molecule has 7 nitrogen and oxygen atoms in total. The van der Waals surface area contributed by atoms with Gasteiger partial charge >= 0.3 is 0 Å². The van der Waals surface area contributed by atoms with Gasteiger partial charge in [-0.2, -0.15) is 0 Å². The summed E-state index contributed by atoms with van der Waals surface area (Å²) >= 11 is 0. The molecule has 0 aliphatic carbocycles. The molecule has 3 heterocycles. The lowest BCUT2D eigenvalue weighted by Gasteiger charge is -2.31. The molecule has 1 amide bonds. The Kier molecular flexibility index (Phi) is 6.37. The molecule has 2 aliphatic heterocycles. The van der Waals surface area contributed by atoms with Crippen LogP contribution < -0.4 is 9.47 Å². The molecular weight excluding hydrogens is 430 g/mol. The van der Waals surface area contributed by atoms with Crippen LogP contribution in [-0.4, -0.2) is 72.7 Å². The van der Waals surface area contributed by atoms with Gasteiger partial charge in [0.15, 0.2) is 11.5 Å². The molecule has 3 aromatic rings. The molecule has 0 bridgehead atoms. The fraction of sp³-hybridized carbons (Fsp3) is 0.444. The normalized spacial score (nSPS) is 18.5. The summed E-state index contributed by atoms with van der Waals surface area (Å²) in [5, 5.41) is 10.9. The average molecular weight is 464 g/mol. The molecule has 1 unspecified atom stereocenters. The summed E-state index contributed by atoms with van der Waals surface area (Å²) in [6, 6.07) is 9.24. The summed E-state index contributed by atoms with van der Waals surface area (Å²) in [6.45, 7) is 4.74. The summed E-state index contributed by atoms with van der Waals surface area (Å²) in [4.78, 5) is 21.0. The lowest BCUT2D eigenvalue weighted by molar-refractivity contribution is 0.0712. The quantitative estimate of drug-likeness (QED) is 0.531. The van der Waals surface area contributed by atoms with Gasteiger partial charge in [-0.1, -0.05) is 0 Å². The van der Waals surface area contributed by atoms with Crippen molar-refractivity contribution in [3.63, 3.8) is 0 Å². The molecule has 0 radical (unpaired) electrons. The van der Waals surface area contributed by atoms with Crippen molar-refractivity contribution >= 4 is 16.8 Å². The predicted octanol–water partition coefficient (Wildman–Crippen LogP) is 3.84. The van der Waals surface area contributed by atoms with Crippen LogP contribution in [0.25, 0.3) is 10.9 Å². The summed E-state index contributed by atoms with van der Waals surface area (Å²) in [5.41, 5.74) is 4.10. The number of aromatic hydroxyl groups is 1. The van der Waals surface area contributed by atoms with Gasteiger partial charge in [-0.15, -0.1) is 0 Å². The molecule has 0 spiro atoms. The molecule has 34 heavy (non-hydrogen) atoms. The van der Waals surface area contributed by atoms with Gasteiger partial charge < -0.3 is 29.4 Å². The number of phenols is 1. The number of phenolic OH excluding ortho intramolecular Hbond substituents is 1. The van der Waals surface area contributed by atoms with E-state index < -0.39 is 0 Å². The van der Waals surface area contributed by atoms with E-state index in [0.29, 0.717) is 23.2 Å². The van der Waals surface area contributed by atoms with Crippen molar-refractivity contribution in [2.45, 2.75) is 25.7 Å². The number of methoxy groups -OCH3 is 2. The number of amides is 1. The topological polar surface area (TPSA) is 78.0 Å². The SMILES string of the molecule is COc1cc2c(cc1OC)C(=O)N(CC1CCN(CCCc3c[nH]c4ccc(O)cc34)C1)CC2. The smallest absolute Gasteiger partial charge is 0.254 e. The van der Waals surface area contributed by atoms with Crippen LogP contribution >= 0.6 is 0 Å². The Hall–Kier alpha value is -3.19. The van der Waals surface area contributed by atoms with Crippen molar-refractivity contribution in [2.24, 2.45) is 5.92 Å². The van der Waals surface area contributed by atoms with Crippen LogP contribution in [0.4, 0.5) is 0 Å². The zero-order valence-corrected chi connectivity index (χ0v) is 20.0. The number of nitrogens with zero attached hydrogens (tertiary/aromatic N) is 2. The van der Waals surface area contributed by atoms with Crippen LogP contribution in [0.5, 0.6) is 17.2 Å². The second-order valence-corrected chi connectivity index (χ2v) is 9.47. The Labute approximate surface area is 200 Å². The standard InChI is InChI=1S/C27H33N3O4/c1-33-25-12-19-8-11-30(27(32)23(19)14-26(25)34-2)17-18-7-10-29(16-18)9-3-4-20-15-28-24-6-5-21(31)13-22(20)24/h5-6,12-15,18,28,31H,3-4,7-11,16-17H2,1-2H3. The molecule has 7 heteroatoms. The molecule has 1 fully saturated rings. The van der Waals surface area contributed by atoms with E-state index >= 15 is 0 Å². The number of likely N-dealkylation sites (tertiary alicyclic amines) is 1. The van der Waals surface area contributed by atoms with Gasteiger partial charge in [0.25, 0.3) is 5.91 Å². The van der Waals surface area contributed by atoms with E-state index in [2.05, 4.69) is 16.1 Å². The Morgan fingerprint density at radius 1 is 1.12 bits per heavy atom. The molecule has 2 aliphatic rings. The first-order valence-electron chi connectivity index (χ1n) is 12.1. The van der Waals surface area contributed by atoms with Crippen LogP contribution in [0, 0.1) is 5.92 Å². The lowest BCUT2D eigenvalue weighted by atomic mass is 9.96. The third kappa shape index (κ3) is 4.44. The van der Waals surface area contributed by atoms with E-state index in [1.165, 1.54) is 5.56 Å². The molecule has 5 rings (SSSR count). The van der Waals surface area contributed by atoms with Gasteiger partial charge in [0, 0.05) is 42.3 Å². The lowest BCUT2D eigenvalue weighted by Crippen LogP contribution is -2.41. The van der Waals surface area contributed by atoms with Gasteiger partial charge in [0.2, 0.25) is 0 Å². The number of aryl methyl sites for hydroxylation is 1. The molecule has 1 aromatic heterocycles. The van der Waals surface area contributed by atoms with Crippen molar-refractivity contribution < 1.29 is 19.4 Å². The molecule has 180 valence electrons. The molecule has 1 saturated heterocycles. The monoisotopic (exact) mass is 463 g/mol. The molecule has 2 N–H and O–H groups in total. The highest BCUT2D eigenvalue weighted by atomic mass is 16.5. The minimum atomic E-state index is 0.100. The number of rotatable bonds is 8. The maximum absolute atomic E-state index is 13.2. The number of carbonyl (C=O) groups is 1. The highest BCUT2D eigenvalue weighted by Gasteiger charge is 2.30. The Morgan fingerprint density at radius 2 is 1.94 bits per heavy atom. The van der Waals surface area contributed by atoms with Gasteiger partial charge in [-0.05, 0) is 86.1 Å². The number of benzene rings is 2. The Balaban J connectivity index is 1.14. The summed E-state index contributed by atoms with van der Waals surface area (Å²) in [7, 11) is 3.23. The minimum absolute atomic E-state index is 0.100. The van der Waals surface area contributed by atoms with Crippen LogP contribution in [0.2, 0.25) is 0 Å². The van der Waals surface area contributed by atoms with Crippen molar-refractivity contribution in [2.75, 3.05) is 46.9 Å². The van der Waals surface area contributed by atoms with Crippen molar-refractivity contribution in [3.05, 3.63) is 53.2 Å². The van der Waals surface area contributed by atoms with Crippen LogP contribution in [0.1, 0.15) is 34.3 Å². The fourth-order valence-electron chi connectivity index (χ4n) is 5.47. The average Bonchev–Trinajstić information content (AvgIpc) is 3.46.